The van der Waals surface area contributed by atoms with Crippen LogP contribution >= 0.6 is 0 Å². The zero-order chi connectivity index (χ0) is 23.2. The summed E-state index contributed by atoms with van der Waals surface area (Å²) in [4.78, 5) is 21.1. The number of rotatable bonds is 5. The number of anilines is 1. The number of aliphatic hydroxyl groups is 1. The lowest BCUT2D eigenvalue weighted by Gasteiger charge is -2.33. The van der Waals surface area contributed by atoms with Gasteiger partial charge in [-0.2, -0.15) is 0 Å². The van der Waals surface area contributed by atoms with Crippen molar-refractivity contribution >= 4 is 16.6 Å². The fourth-order valence-electron chi connectivity index (χ4n) is 5.42. The highest BCUT2D eigenvalue weighted by molar-refractivity contribution is 5.83. The Morgan fingerprint density at radius 3 is 2.48 bits per heavy atom. The molecular weight excluding hydrogens is 417 g/mol. The third-order valence-electron chi connectivity index (χ3n) is 7.42. The summed E-state index contributed by atoms with van der Waals surface area (Å²) in [5.74, 6) is 1.00. The van der Waals surface area contributed by atoms with Crippen molar-refractivity contribution in [2.75, 3.05) is 18.1 Å². The molecule has 0 amide bonds. The Bertz CT molecular complexity index is 1210. The maximum atomic E-state index is 13.8. The van der Waals surface area contributed by atoms with Crippen LogP contribution in [0.2, 0.25) is 0 Å². The molecule has 0 atom stereocenters. The van der Waals surface area contributed by atoms with Gasteiger partial charge in [-0.25, -0.2) is 9.37 Å². The number of aliphatic hydroxyl groups excluding tert-OH is 1. The Hall–Kier alpha value is -2.73. The van der Waals surface area contributed by atoms with Crippen LogP contribution in [-0.4, -0.2) is 33.9 Å². The zero-order valence-corrected chi connectivity index (χ0v) is 19.4. The Morgan fingerprint density at radius 2 is 1.79 bits per heavy atom. The number of fused-ring (bicyclic) bond motifs is 5. The summed E-state index contributed by atoms with van der Waals surface area (Å²) < 4.78 is 15.2. The van der Waals surface area contributed by atoms with Crippen LogP contribution in [-0.2, 0) is 6.54 Å². The first-order valence-corrected chi connectivity index (χ1v) is 12.0. The molecule has 0 unspecified atom stereocenters. The van der Waals surface area contributed by atoms with Gasteiger partial charge in [0.2, 0.25) is 0 Å². The van der Waals surface area contributed by atoms with Crippen LogP contribution in [0, 0.1) is 17.2 Å². The van der Waals surface area contributed by atoms with Gasteiger partial charge in [0.25, 0.3) is 5.56 Å². The molecule has 2 saturated heterocycles. The minimum Gasteiger partial charge on any atom is -0.396 e. The van der Waals surface area contributed by atoms with Crippen LogP contribution in [0.1, 0.15) is 46.0 Å². The average molecular weight is 450 g/mol. The predicted molar refractivity (Wildman–Crippen MR) is 130 cm³/mol. The summed E-state index contributed by atoms with van der Waals surface area (Å²) in [6, 6.07) is 12.6. The van der Waals surface area contributed by atoms with E-state index in [0.29, 0.717) is 34.9 Å². The Labute approximate surface area is 193 Å². The van der Waals surface area contributed by atoms with Gasteiger partial charge in [0.05, 0.1) is 10.9 Å². The molecule has 6 heteroatoms. The van der Waals surface area contributed by atoms with Gasteiger partial charge in [-0.15, -0.1) is 0 Å². The van der Waals surface area contributed by atoms with Crippen LogP contribution in [0.15, 0.2) is 47.3 Å². The SMILES string of the molecule is CC(C)(CO)Cn1c(-c2ccc(F)cc2)nc2ccc(N3CCC4CCC3CC4)cc2c1=O. The highest BCUT2D eigenvalue weighted by Crippen LogP contribution is 2.37. The molecule has 3 aromatic rings. The molecule has 33 heavy (non-hydrogen) atoms. The summed E-state index contributed by atoms with van der Waals surface area (Å²) in [6.45, 7) is 5.13. The monoisotopic (exact) mass is 449 g/mol. The zero-order valence-electron chi connectivity index (χ0n) is 19.4. The van der Waals surface area contributed by atoms with Crippen LogP contribution in [0.4, 0.5) is 10.1 Å². The smallest absolute Gasteiger partial charge is 0.261 e. The number of nitrogens with zero attached hydrogens (tertiary/aromatic N) is 3. The molecule has 6 rings (SSSR count). The van der Waals surface area contributed by atoms with Crippen LogP contribution in [0.25, 0.3) is 22.3 Å². The summed E-state index contributed by atoms with van der Waals surface area (Å²) in [7, 11) is 0. The largest absolute Gasteiger partial charge is 0.396 e. The summed E-state index contributed by atoms with van der Waals surface area (Å²) in [5.41, 5.74) is 1.78. The van der Waals surface area contributed by atoms with Crippen molar-refractivity contribution in [2.45, 2.75) is 58.5 Å². The molecule has 3 heterocycles. The van der Waals surface area contributed by atoms with Crippen molar-refractivity contribution in [3.8, 4) is 11.4 Å². The summed E-state index contributed by atoms with van der Waals surface area (Å²) in [6.07, 6.45) is 6.27. The second-order valence-corrected chi connectivity index (χ2v) is 10.5. The van der Waals surface area contributed by atoms with E-state index in [0.717, 1.165) is 18.2 Å². The molecule has 3 aliphatic rings. The second-order valence-electron chi connectivity index (χ2n) is 10.5. The fourth-order valence-corrected chi connectivity index (χ4v) is 5.42. The second kappa shape index (κ2) is 8.56. The maximum Gasteiger partial charge on any atom is 0.261 e. The van der Waals surface area contributed by atoms with Crippen molar-refractivity contribution in [1.29, 1.82) is 0 Å². The van der Waals surface area contributed by atoms with Crippen LogP contribution in [0.5, 0.6) is 0 Å². The number of hydrogen-bond donors (Lipinski definition) is 1. The molecule has 2 aromatic carbocycles. The first kappa shape index (κ1) is 22.1. The Balaban J connectivity index is 1.64. The molecule has 0 radical (unpaired) electrons. The first-order chi connectivity index (χ1) is 15.8. The average Bonchev–Trinajstić information content (AvgIpc) is 3.15. The van der Waals surface area contributed by atoms with E-state index in [1.807, 2.05) is 26.0 Å². The van der Waals surface area contributed by atoms with Crippen molar-refractivity contribution < 1.29 is 9.50 Å². The molecule has 0 spiro atoms. The van der Waals surface area contributed by atoms with E-state index in [4.69, 9.17) is 4.98 Å². The van der Waals surface area contributed by atoms with E-state index >= 15 is 0 Å². The van der Waals surface area contributed by atoms with E-state index in [1.54, 1.807) is 16.7 Å². The third-order valence-corrected chi connectivity index (χ3v) is 7.42. The first-order valence-electron chi connectivity index (χ1n) is 12.0. The molecule has 2 aliphatic heterocycles. The van der Waals surface area contributed by atoms with E-state index in [9.17, 15) is 14.3 Å². The highest BCUT2D eigenvalue weighted by atomic mass is 19.1. The van der Waals surface area contributed by atoms with Crippen molar-refractivity contribution in [3.05, 3.63) is 58.6 Å². The maximum absolute atomic E-state index is 13.8. The van der Waals surface area contributed by atoms with Crippen molar-refractivity contribution in [1.82, 2.24) is 9.55 Å². The van der Waals surface area contributed by atoms with Gasteiger partial charge in [0.15, 0.2) is 0 Å². The van der Waals surface area contributed by atoms with E-state index in [2.05, 4.69) is 11.0 Å². The fraction of sp³-hybridized carbons (Fsp3) is 0.481. The number of halogens is 1. The van der Waals surface area contributed by atoms with Gasteiger partial charge >= 0.3 is 0 Å². The lowest BCUT2D eigenvalue weighted by molar-refractivity contribution is 0.140. The highest BCUT2D eigenvalue weighted by Gasteiger charge is 2.31. The van der Waals surface area contributed by atoms with Gasteiger partial charge < -0.3 is 10.0 Å². The van der Waals surface area contributed by atoms with E-state index < -0.39 is 5.41 Å². The minimum absolute atomic E-state index is 0.0585. The van der Waals surface area contributed by atoms with Gasteiger partial charge in [-0.05, 0) is 80.5 Å². The molecule has 5 nitrogen and oxygen atoms in total. The topological polar surface area (TPSA) is 58.4 Å². The van der Waals surface area contributed by atoms with E-state index in [1.165, 1.54) is 44.2 Å². The van der Waals surface area contributed by atoms with Gasteiger partial charge in [0, 0.05) is 42.4 Å². The molecular formula is C27H32FN3O2. The van der Waals surface area contributed by atoms with Gasteiger partial charge in [0.1, 0.15) is 11.6 Å². The Kier molecular flexibility index (Phi) is 5.73. The number of benzene rings is 2. The van der Waals surface area contributed by atoms with Gasteiger partial charge in [-0.1, -0.05) is 13.8 Å². The number of aromatic nitrogens is 2. The van der Waals surface area contributed by atoms with Crippen molar-refractivity contribution in [3.63, 3.8) is 0 Å². The van der Waals surface area contributed by atoms with Gasteiger partial charge in [-0.3, -0.25) is 9.36 Å². The molecule has 174 valence electrons. The summed E-state index contributed by atoms with van der Waals surface area (Å²) >= 11 is 0. The Morgan fingerprint density at radius 1 is 1.06 bits per heavy atom. The lowest BCUT2D eigenvalue weighted by atomic mass is 9.86. The molecule has 1 aliphatic carbocycles. The van der Waals surface area contributed by atoms with Crippen LogP contribution < -0.4 is 10.5 Å². The quantitative estimate of drug-likeness (QED) is 0.596. The number of hydrogen-bond acceptors (Lipinski definition) is 4. The molecule has 1 aromatic heterocycles. The third kappa shape index (κ3) is 4.29. The lowest BCUT2D eigenvalue weighted by Crippen LogP contribution is -2.35. The normalized spacial score (nSPS) is 20.9. The minimum atomic E-state index is -0.505. The van der Waals surface area contributed by atoms with Crippen molar-refractivity contribution in [2.24, 2.45) is 11.3 Å². The summed E-state index contributed by atoms with van der Waals surface area (Å²) in [5, 5.41) is 10.5. The van der Waals surface area contributed by atoms with Crippen LogP contribution in [0.3, 0.4) is 0 Å². The van der Waals surface area contributed by atoms with E-state index in [-0.39, 0.29) is 18.0 Å². The molecule has 1 N–H and O–H groups in total. The molecule has 3 fully saturated rings. The predicted octanol–water partition coefficient (Wildman–Crippen LogP) is 4.99. The standard InChI is InChI=1S/C27H32FN3O2/c1-27(2,17-32)16-31-25(19-5-7-20(28)8-6-19)29-24-12-11-22(15-23(24)26(31)33)30-14-13-18-3-9-21(30)10-4-18/h5-8,11-12,15,18,21,32H,3-4,9-10,13-14,16-17H2,1-2H3. The molecule has 1 saturated carbocycles. The molecule has 2 bridgehead atoms.